The van der Waals surface area contributed by atoms with Crippen LogP contribution in [0, 0.1) is 6.92 Å². The van der Waals surface area contributed by atoms with Crippen LogP contribution in [0.4, 0.5) is 0 Å². The van der Waals surface area contributed by atoms with Crippen molar-refractivity contribution in [3.63, 3.8) is 0 Å². The van der Waals surface area contributed by atoms with Gasteiger partial charge in [-0.3, -0.25) is 4.79 Å². The van der Waals surface area contributed by atoms with Crippen molar-refractivity contribution in [1.82, 2.24) is 15.2 Å². The van der Waals surface area contributed by atoms with Gasteiger partial charge in [0, 0.05) is 17.7 Å². The number of ether oxygens (including phenoxy) is 1. The Morgan fingerprint density at radius 3 is 2.50 bits per heavy atom. The van der Waals surface area contributed by atoms with Crippen LogP contribution in [-0.4, -0.2) is 70.9 Å². The van der Waals surface area contributed by atoms with Gasteiger partial charge in [-0.05, 0) is 88.5 Å². The Hall–Kier alpha value is -3.46. The molecule has 1 aliphatic carbocycles. The number of carbonyl (C=O) groups is 2. The molecule has 9 heteroatoms. The molecule has 1 saturated carbocycles. The topological polar surface area (TPSA) is 112 Å². The van der Waals surface area contributed by atoms with Crippen molar-refractivity contribution < 1.29 is 24.5 Å². The zero-order valence-electron chi connectivity index (χ0n) is 23.1. The molecule has 0 spiro atoms. The van der Waals surface area contributed by atoms with Gasteiger partial charge in [0.05, 0.1) is 23.4 Å². The molecular formula is C31H36ClN3O5. The van der Waals surface area contributed by atoms with E-state index in [9.17, 15) is 19.8 Å². The van der Waals surface area contributed by atoms with Crippen LogP contribution >= 0.6 is 11.6 Å². The Morgan fingerprint density at radius 1 is 1.10 bits per heavy atom. The number of hydrogen-bond acceptors (Lipinski definition) is 6. The summed E-state index contributed by atoms with van der Waals surface area (Å²) in [5.74, 6) is -1.17. The van der Waals surface area contributed by atoms with E-state index in [1.54, 1.807) is 12.1 Å². The van der Waals surface area contributed by atoms with Gasteiger partial charge in [0.2, 0.25) is 0 Å². The number of nitrogens with zero attached hydrogens (tertiary/aromatic N) is 2. The second-order valence-corrected chi connectivity index (χ2v) is 11.0. The van der Waals surface area contributed by atoms with Crippen molar-refractivity contribution in [3.05, 3.63) is 70.9 Å². The molecule has 2 aromatic carbocycles. The number of rotatable bonds is 10. The van der Waals surface area contributed by atoms with E-state index in [0.29, 0.717) is 41.5 Å². The lowest BCUT2D eigenvalue weighted by Gasteiger charge is -2.35. The number of amides is 1. The molecule has 1 fully saturated rings. The number of carboxylic acid groups (broad SMARTS) is 1. The highest BCUT2D eigenvalue weighted by Crippen LogP contribution is 2.37. The third-order valence-corrected chi connectivity index (χ3v) is 7.66. The van der Waals surface area contributed by atoms with Gasteiger partial charge in [0.15, 0.2) is 0 Å². The number of aromatic nitrogens is 1. The van der Waals surface area contributed by atoms with E-state index in [1.807, 2.05) is 63.5 Å². The summed E-state index contributed by atoms with van der Waals surface area (Å²) < 4.78 is 5.99. The lowest BCUT2D eigenvalue weighted by Crippen LogP contribution is -2.57. The maximum atomic E-state index is 13.4. The van der Waals surface area contributed by atoms with Crippen LogP contribution in [0.2, 0.25) is 5.02 Å². The molecule has 4 rings (SSSR count). The maximum Gasteiger partial charge on any atom is 0.329 e. The summed E-state index contributed by atoms with van der Waals surface area (Å²) in [6, 6.07) is 16.8. The Bertz CT molecular complexity index is 1370. The lowest BCUT2D eigenvalue weighted by atomic mass is 9.80. The van der Waals surface area contributed by atoms with Gasteiger partial charge in [0.1, 0.15) is 17.0 Å². The van der Waals surface area contributed by atoms with Gasteiger partial charge >= 0.3 is 5.97 Å². The fraction of sp³-hybridized carbons (Fsp3) is 0.387. The maximum absolute atomic E-state index is 13.4. The normalized spacial score (nSPS) is 18.9. The predicted octanol–water partition coefficient (Wildman–Crippen LogP) is 5.20. The summed E-state index contributed by atoms with van der Waals surface area (Å²) in [6.07, 6.45) is 1.17. The summed E-state index contributed by atoms with van der Waals surface area (Å²) in [6.45, 7) is 3.38. The number of aliphatic hydroxyl groups is 1. The first kappa shape index (κ1) is 29.5. The number of pyridine rings is 1. The first-order valence-corrected chi connectivity index (χ1v) is 13.9. The van der Waals surface area contributed by atoms with Crippen molar-refractivity contribution in [2.45, 2.75) is 50.7 Å². The molecule has 1 heterocycles. The number of aliphatic hydroxyl groups excluding tert-OH is 1. The first-order valence-electron chi connectivity index (χ1n) is 13.5. The smallest absolute Gasteiger partial charge is 0.329 e. The minimum atomic E-state index is -1.44. The van der Waals surface area contributed by atoms with Gasteiger partial charge in [-0.2, -0.15) is 0 Å². The van der Waals surface area contributed by atoms with Gasteiger partial charge in [-0.15, -0.1) is 0 Å². The van der Waals surface area contributed by atoms with E-state index in [1.165, 1.54) is 0 Å². The van der Waals surface area contributed by atoms with Crippen LogP contribution in [0.1, 0.15) is 48.2 Å². The molecular weight excluding hydrogens is 530 g/mol. The van der Waals surface area contributed by atoms with Crippen LogP contribution in [0.25, 0.3) is 22.4 Å². The van der Waals surface area contributed by atoms with E-state index in [-0.39, 0.29) is 18.5 Å². The fourth-order valence-electron chi connectivity index (χ4n) is 4.99. The minimum absolute atomic E-state index is 0.0995. The number of aryl methyl sites for hydroxylation is 1. The van der Waals surface area contributed by atoms with Crippen molar-refractivity contribution in [2.75, 3.05) is 27.2 Å². The third kappa shape index (κ3) is 6.81. The first-order chi connectivity index (χ1) is 19.1. The predicted molar refractivity (Wildman–Crippen MR) is 156 cm³/mol. The van der Waals surface area contributed by atoms with E-state index in [4.69, 9.17) is 21.3 Å². The van der Waals surface area contributed by atoms with Crippen LogP contribution in [0.5, 0.6) is 5.75 Å². The molecule has 0 unspecified atom stereocenters. The van der Waals surface area contributed by atoms with Crippen molar-refractivity contribution in [3.8, 4) is 28.1 Å². The highest BCUT2D eigenvalue weighted by molar-refractivity contribution is 6.32. The Kier molecular flexibility index (Phi) is 9.45. The largest absolute Gasteiger partial charge is 0.492 e. The number of hydrogen-bond donors (Lipinski definition) is 3. The SMILES string of the molecule is Cc1ccccc1-c1ccc(C(=O)NC2(C(=O)O)CCC(O)CC2)nc1-c1ccc(Cl)c(OCCCN(C)C)c1. The molecule has 0 bridgehead atoms. The molecule has 0 radical (unpaired) electrons. The summed E-state index contributed by atoms with van der Waals surface area (Å²) in [4.78, 5) is 32.4. The molecule has 3 N–H and O–H groups in total. The number of carboxylic acids is 1. The standard InChI is InChI=1S/C31H36ClN3O5/c1-20-7-4-5-8-23(20)24-10-12-26(29(37)34-31(30(38)39)15-13-22(36)14-16-31)33-28(24)21-9-11-25(32)27(19-21)40-18-6-17-35(2)3/h4-5,7-12,19,22,36H,6,13-18H2,1-3H3,(H,34,37)(H,38,39). The van der Waals surface area contributed by atoms with Gasteiger partial charge < -0.3 is 25.2 Å². The van der Waals surface area contributed by atoms with E-state index in [0.717, 1.165) is 29.7 Å². The highest BCUT2D eigenvalue weighted by atomic mass is 35.5. The molecule has 8 nitrogen and oxygen atoms in total. The van der Waals surface area contributed by atoms with Crippen LogP contribution in [0.15, 0.2) is 54.6 Å². The summed E-state index contributed by atoms with van der Waals surface area (Å²) in [5, 5.41) is 23.0. The zero-order valence-corrected chi connectivity index (χ0v) is 23.9. The van der Waals surface area contributed by atoms with Crippen molar-refractivity contribution in [2.24, 2.45) is 0 Å². The number of aliphatic carboxylic acids is 1. The molecule has 212 valence electrons. The average molecular weight is 566 g/mol. The molecule has 40 heavy (non-hydrogen) atoms. The van der Waals surface area contributed by atoms with Crippen molar-refractivity contribution in [1.29, 1.82) is 0 Å². The van der Waals surface area contributed by atoms with Gasteiger partial charge in [-0.1, -0.05) is 41.9 Å². The second kappa shape index (κ2) is 12.8. The molecule has 1 amide bonds. The van der Waals surface area contributed by atoms with Gasteiger partial charge in [-0.25, -0.2) is 9.78 Å². The molecule has 3 aromatic rings. The molecule has 0 saturated heterocycles. The second-order valence-electron chi connectivity index (χ2n) is 10.6. The van der Waals surface area contributed by atoms with Crippen LogP contribution in [-0.2, 0) is 4.79 Å². The molecule has 0 aliphatic heterocycles. The minimum Gasteiger partial charge on any atom is -0.492 e. The third-order valence-electron chi connectivity index (χ3n) is 7.35. The summed E-state index contributed by atoms with van der Waals surface area (Å²) in [7, 11) is 4.01. The lowest BCUT2D eigenvalue weighted by molar-refractivity contribution is -0.146. The van der Waals surface area contributed by atoms with Crippen LogP contribution < -0.4 is 10.1 Å². The quantitative estimate of drug-likeness (QED) is 0.290. The van der Waals surface area contributed by atoms with Crippen LogP contribution in [0.3, 0.4) is 0 Å². The zero-order chi connectivity index (χ0) is 28.9. The number of nitrogens with one attached hydrogen (secondary N) is 1. The van der Waals surface area contributed by atoms with E-state index >= 15 is 0 Å². The Morgan fingerprint density at radius 2 is 1.82 bits per heavy atom. The monoisotopic (exact) mass is 565 g/mol. The Labute approximate surface area is 240 Å². The average Bonchev–Trinajstić information content (AvgIpc) is 2.93. The van der Waals surface area contributed by atoms with E-state index < -0.39 is 23.5 Å². The Balaban J connectivity index is 1.72. The summed E-state index contributed by atoms with van der Waals surface area (Å²) >= 11 is 6.46. The van der Waals surface area contributed by atoms with Gasteiger partial charge in [0.25, 0.3) is 5.91 Å². The molecule has 1 aromatic heterocycles. The summed E-state index contributed by atoms with van der Waals surface area (Å²) in [5.41, 5.74) is 2.76. The fourth-order valence-corrected chi connectivity index (χ4v) is 5.16. The highest BCUT2D eigenvalue weighted by Gasteiger charge is 2.43. The number of halogens is 1. The molecule has 1 aliphatic rings. The van der Waals surface area contributed by atoms with Crippen molar-refractivity contribution >= 4 is 23.5 Å². The molecule has 0 atom stereocenters. The number of benzene rings is 2. The number of carbonyl (C=O) groups excluding carboxylic acids is 1. The van der Waals surface area contributed by atoms with E-state index in [2.05, 4.69) is 10.2 Å².